The monoisotopic (exact) mass is 329 g/mol. The van der Waals surface area contributed by atoms with E-state index in [0.29, 0.717) is 0 Å². The number of nitrogens with one attached hydrogen (secondary N) is 1. The van der Waals surface area contributed by atoms with E-state index in [-0.39, 0.29) is 0 Å². The van der Waals surface area contributed by atoms with Crippen LogP contribution in [0.4, 0.5) is 11.5 Å². The van der Waals surface area contributed by atoms with Gasteiger partial charge in [0.15, 0.2) is 5.65 Å². The second kappa shape index (κ2) is 6.73. The molecule has 4 aromatic rings. The van der Waals surface area contributed by atoms with E-state index in [1.807, 2.05) is 54.2 Å². The zero-order chi connectivity index (χ0) is 17.1. The van der Waals surface area contributed by atoms with E-state index in [4.69, 9.17) is 0 Å². The summed E-state index contributed by atoms with van der Waals surface area (Å²) in [5, 5.41) is 8.83. The molecule has 0 aliphatic heterocycles. The van der Waals surface area contributed by atoms with Crippen molar-refractivity contribution in [1.82, 2.24) is 19.7 Å². The second-order valence-electron chi connectivity index (χ2n) is 5.95. The molecule has 0 aliphatic carbocycles. The Bertz CT molecular complexity index is 977. The van der Waals surface area contributed by atoms with Crippen molar-refractivity contribution < 1.29 is 0 Å². The molecule has 5 nitrogen and oxygen atoms in total. The summed E-state index contributed by atoms with van der Waals surface area (Å²) >= 11 is 0. The number of para-hydroxylation sites is 1. The molecule has 1 N–H and O–H groups in total. The molecular weight excluding hydrogens is 310 g/mol. The van der Waals surface area contributed by atoms with E-state index in [1.54, 1.807) is 0 Å². The van der Waals surface area contributed by atoms with Crippen molar-refractivity contribution in [2.75, 3.05) is 5.32 Å². The lowest BCUT2D eigenvalue weighted by Crippen LogP contribution is -2.05. The van der Waals surface area contributed by atoms with E-state index in [1.165, 1.54) is 5.56 Å². The lowest BCUT2D eigenvalue weighted by molar-refractivity contribution is 0.629. The van der Waals surface area contributed by atoms with Crippen molar-refractivity contribution in [2.45, 2.75) is 19.9 Å². The van der Waals surface area contributed by atoms with Gasteiger partial charge in [-0.25, -0.2) is 14.6 Å². The fourth-order valence-corrected chi connectivity index (χ4v) is 2.86. The molecule has 0 unspecified atom stereocenters. The molecule has 2 aromatic heterocycles. The van der Waals surface area contributed by atoms with Gasteiger partial charge in [-0.1, -0.05) is 48.5 Å². The van der Waals surface area contributed by atoms with E-state index >= 15 is 0 Å². The minimum absolute atomic E-state index is 0.729. The van der Waals surface area contributed by atoms with Gasteiger partial charge in [0, 0.05) is 12.2 Å². The molecule has 4 rings (SSSR count). The van der Waals surface area contributed by atoms with E-state index in [0.717, 1.165) is 41.3 Å². The number of aryl methyl sites for hydroxylation is 3. The van der Waals surface area contributed by atoms with Crippen LogP contribution in [0, 0.1) is 6.92 Å². The van der Waals surface area contributed by atoms with E-state index < -0.39 is 0 Å². The lowest BCUT2D eigenvalue weighted by atomic mass is 10.1. The molecule has 0 spiro atoms. The van der Waals surface area contributed by atoms with E-state index in [9.17, 15) is 0 Å². The Morgan fingerprint density at radius 3 is 2.40 bits per heavy atom. The molecule has 124 valence electrons. The Kier molecular flexibility index (Phi) is 4.12. The summed E-state index contributed by atoms with van der Waals surface area (Å²) in [4.78, 5) is 9.15. The van der Waals surface area contributed by atoms with Crippen LogP contribution < -0.4 is 5.32 Å². The molecular formula is C20H19N5. The number of anilines is 2. The van der Waals surface area contributed by atoms with Gasteiger partial charge >= 0.3 is 0 Å². The Labute approximate surface area is 146 Å². The second-order valence-corrected chi connectivity index (χ2v) is 5.95. The van der Waals surface area contributed by atoms with Crippen LogP contribution in [-0.2, 0) is 13.0 Å². The maximum absolute atomic E-state index is 4.60. The van der Waals surface area contributed by atoms with Crippen LogP contribution in [0.3, 0.4) is 0 Å². The molecule has 2 aromatic carbocycles. The molecule has 0 aliphatic rings. The molecule has 0 atom stereocenters. The number of aromatic nitrogens is 4. The highest BCUT2D eigenvalue weighted by Gasteiger charge is 2.11. The molecule has 0 amide bonds. The summed E-state index contributed by atoms with van der Waals surface area (Å²) in [5.41, 5.74) is 3.15. The van der Waals surface area contributed by atoms with Crippen LogP contribution in [-0.4, -0.2) is 19.7 Å². The van der Waals surface area contributed by atoms with Gasteiger partial charge in [0.05, 0.1) is 11.6 Å². The normalized spacial score (nSPS) is 10.9. The van der Waals surface area contributed by atoms with Gasteiger partial charge in [0.2, 0.25) is 0 Å². The maximum atomic E-state index is 4.60. The van der Waals surface area contributed by atoms with Gasteiger partial charge in [-0.2, -0.15) is 5.10 Å². The molecule has 0 bridgehead atoms. The minimum atomic E-state index is 0.729. The van der Waals surface area contributed by atoms with Crippen molar-refractivity contribution in [1.29, 1.82) is 0 Å². The molecule has 0 fully saturated rings. The number of fused-ring (bicyclic) bond motifs is 1. The Morgan fingerprint density at radius 2 is 1.64 bits per heavy atom. The summed E-state index contributed by atoms with van der Waals surface area (Å²) in [6.07, 6.45) is 2.76. The SMILES string of the molecule is Cc1nc(Nc2ccccc2)c2cnn(CCc3ccccc3)c2n1. The van der Waals surface area contributed by atoms with E-state index in [2.05, 4.69) is 44.6 Å². The first kappa shape index (κ1) is 15.3. The van der Waals surface area contributed by atoms with Crippen LogP contribution in [0.15, 0.2) is 66.9 Å². The van der Waals surface area contributed by atoms with Crippen molar-refractivity contribution in [2.24, 2.45) is 0 Å². The molecule has 2 heterocycles. The van der Waals surface area contributed by atoms with Crippen LogP contribution in [0.5, 0.6) is 0 Å². The Morgan fingerprint density at radius 1 is 0.920 bits per heavy atom. The number of hydrogen-bond donors (Lipinski definition) is 1. The molecule has 0 radical (unpaired) electrons. The van der Waals surface area contributed by atoms with Crippen molar-refractivity contribution >= 4 is 22.5 Å². The fraction of sp³-hybridized carbons (Fsp3) is 0.150. The van der Waals surface area contributed by atoms with Gasteiger partial charge in [-0.3, -0.25) is 0 Å². The topological polar surface area (TPSA) is 55.6 Å². The number of rotatable bonds is 5. The van der Waals surface area contributed by atoms with Gasteiger partial charge in [0.1, 0.15) is 11.6 Å². The zero-order valence-corrected chi connectivity index (χ0v) is 14.1. The van der Waals surface area contributed by atoms with Gasteiger partial charge < -0.3 is 5.32 Å². The van der Waals surface area contributed by atoms with Crippen molar-refractivity contribution in [3.63, 3.8) is 0 Å². The Balaban J connectivity index is 1.64. The number of nitrogens with zero attached hydrogens (tertiary/aromatic N) is 4. The minimum Gasteiger partial charge on any atom is -0.340 e. The highest BCUT2D eigenvalue weighted by atomic mass is 15.3. The molecule has 25 heavy (non-hydrogen) atoms. The first-order valence-corrected chi connectivity index (χ1v) is 8.36. The van der Waals surface area contributed by atoms with Crippen LogP contribution in [0.25, 0.3) is 11.0 Å². The van der Waals surface area contributed by atoms with Gasteiger partial charge in [-0.05, 0) is 31.0 Å². The smallest absolute Gasteiger partial charge is 0.163 e. The van der Waals surface area contributed by atoms with Crippen LogP contribution in [0.1, 0.15) is 11.4 Å². The fourth-order valence-electron chi connectivity index (χ4n) is 2.86. The predicted octanol–water partition coefficient (Wildman–Crippen LogP) is 4.12. The summed E-state index contributed by atoms with van der Waals surface area (Å²) in [7, 11) is 0. The highest BCUT2D eigenvalue weighted by Crippen LogP contribution is 2.23. The summed E-state index contributed by atoms with van der Waals surface area (Å²) in [6, 6.07) is 20.4. The third-order valence-corrected chi connectivity index (χ3v) is 4.10. The highest BCUT2D eigenvalue weighted by molar-refractivity contribution is 5.88. The van der Waals surface area contributed by atoms with Crippen molar-refractivity contribution in [3.05, 3.63) is 78.2 Å². The molecule has 0 saturated carbocycles. The summed E-state index contributed by atoms with van der Waals surface area (Å²) < 4.78 is 1.95. The first-order chi connectivity index (χ1) is 12.3. The molecule has 5 heteroatoms. The van der Waals surface area contributed by atoms with Crippen molar-refractivity contribution in [3.8, 4) is 0 Å². The summed E-state index contributed by atoms with van der Waals surface area (Å²) in [6.45, 7) is 2.69. The predicted molar refractivity (Wildman–Crippen MR) is 99.9 cm³/mol. The number of hydrogen-bond acceptors (Lipinski definition) is 4. The third-order valence-electron chi connectivity index (χ3n) is 4.10. The zero-order valence-electron chi connectivity index (χ0n) is 14.1. The van der Waals surface area contributed by atoms with Crippen LogP contribution in [0.2, 0.25) is 0 Å². The quantitative estimate of drug-likeness (QED) is 0.598. The first-order valence-electron chi connectivity index (χ1n) is 8.36. The maximum Gasteiger partial charge on any atom is 0.163 e. The average molecular weight is 329 g/mol. The number of benzene rings is 2. The molecule has 0 saturated heterocycles. The summed E-state index contributed by atoms with van der Waals surface area (Å²) in [5.74, 6) is 1.52. The Hall–Kier alpha value is -3.21. The standard InChI is InChI=1S/C20H19N5/c1-15-22-19(24-17-10-6-3-7-11-17)18-14-21-25(20(18)23-15)13-12-16-8-4-2-5-9-16/h2-11,14H,12-13H2,1H3,(H,22,23,24). The van der Waals surface area contributed by atoms with Crippen LogP contribution >= 0.6 is 0 Å². The van der Waals surface area contributed by atoms with Gasteiger partial charge in [0.25, 0.3) is 0 Å². The largest absolute Gasteiger partial charge is 0.340 e. The lowest BCUT2D eigenvalue weighted by Gasteiger charge is -2.08. The average Bonchev–Trinajstić information content (AvgIpc) is 3.05. The van der Waals surface area contributed by atoms with Gasteiger partial charge in [-0.15, -0.1) is 0 Å². The third kappa shape index (κ3) is 3.35.